The molecule has 1 aromatic rings. The first-order chi connectivity index (χ1) is 6.29. The molecule has 0 fully saturated rings. The average Bonchev–Trinajstić information content (AvgIpc) is 2.14. The fourth-order valence-electron chi connectivity index (χ4n) is 0.857. The predicted octanol–water partition coefficient (Wildman–Crippen LogP) is 1.23. The van der Waals surface area contributed by atoms with Crippen molar-refractivity contribution in [3.63, 3.8) is 0 Å². The standard InChI is InChI=1S/C10H12N2O/c1-9(13)11-8-4-6-10-5-2-3-7-12-10/h2-7H,8H2,1H3,(H,11,13). The molecule has 0 aliphatic carbocycles. The van der Waals surface area contributed by atoms with Crippen molar-refractivity contribution in [2.75, 3.05) is 6.54 Å². The highest BCUT2D eigenvalue weighted by molar-refractivity contribution is 5.73. The Labute approximate surface area is 77.5 Å². The van der Waals surface area contributed by atoms with Gasteiger partial charge in [0.05, 0.1) is 5.69 Å². The third kappa shape index (κ3) is 4.06. The zero-order chi connectivity index (χ0) is 9.52. The number of rotatable bonds is 3. The molecule has 1 heterocycles. The molecular weight excluding hydrogens is 164 g/mol. The highest BCUT2D eigenvalue weighted by atomic mass is 16.1. The summed E-state index contributed by atoms with van der Waals surface area (Å²) in [4.78, 5) is 14.6. The summed E-state index contributed by atoms with van der Waals surface area (Å²) in [6.07, 6.45) is 5.47. The Morgan fingerprint density at radius 2 is 2.46 bits per heavy atom. The fraction of sp³-hybridized carbons (Fsp3) is 0.200. The largest absolute Gasteiger partial charge is 0.353 e. The first-order valence-corrected chi connectivity index (χ1v) is 4.11. The minimum absolute atomic E-state index is 0.0225. The van der Waals surface area contributed by atoms with Crippen molar-refractivity contribution in [1.29, 1.82) is 0 Å². The number of aromatic nitrogens is 1. The van der Waals surface area contributed by atoms with Crippen molar-refractivity contribution in [3.05, 3.63) is 36.2 Å². The number of pyridine rings is 1. The van der Waals surface area contributed by atoms with E-state index < -0.39 is 0 Å². The quantitative estimate of drug-likeness (QED) is 0.752. The highest BCUT2D eigenvalue weighted by Gasteiger charge is 1.86. The van der Waals surface area contributed by atoms with Gasteiger partial charge in [0.2, 0.25) is 5.91 Å². The molecule has 0 aromatic carbocycles. The summed E-state index contributed by atoms with van der Waals surface area (Å²) in [6.45, 7) is 2.04. The molecule has 0 saturated carbocycles. The summed E-state index contributed by atoms with van der Waals surface area (Å²) in [5.74, 6) is -0.0225. The smallest absolute Gasteiger partial charge is 0.217 e. The van der Waals surface area contributed by atoms with Gasteiger partial charge in [0.1, 0.15) is 0 Å². The lowest BCUT2D eigenvalue weighted by Crippen LogP contribution is -2.19. The van der Waals surface area contributed by atoms with E-state index in [9.17, 15) is 4.79 Å². The van der Waals surface area contributed by atoms with Gasteiger partial charge in [-0.1, -0.05) is 12.1 Å². The lowest BCUT2D eigenvalue weighted by Gasteiger charge is -1.94. The van der Waals surface area contributed by atoms with Crippen LogP contribution in [0.3, 0.4) is 0 Å². The van der Waals surface area contributed by atoms with Gasteiger partial charge in [0.25, 0.3) is 0 Å². The molecule has 0 aliphatic heterocycles. The van der Waals surface area contributed by atoms with Gasteiger partial charge < -0.3 is 5.32 Å². The summed E-state index contributed by atoms with van der Waals surface area (Å²) in [6, 6.07) is 5.69. The summed E-state index contributed by atoms with van der Waals surface area (Å²) >= 11 is 0. The number of hydrogen-bond acceptors (Lipinski definition) is 2. The van der Waals surface area contributed by atoms with E-state index in [0.29, 0.717) is 6.54 Å². The number of carbonyl (C=O) groups excluding carboxylic acids is 1. The Hall–Kier alpha value is -1.64. The molecule has 3 heteroatoms. The van der Waals surface area contributed by atoms with Crippen LogP contribution in [-0.2, 0) is 4.79 Å². The molecule has 1 rings (SSSR count). The van der Waals surface area contributed by atoms with E-state index in [2.05, 4.69) is 10.3 Å². The van der Waals surface area contributed by atoms with Gasteiger partial charge in [-0.05, 0) is 18.2 Å². The molecule has 1 N–H and O–H groups in total. The summed E-state index contributed by atoms with van der Waals surface area (Å²) < 4.78 is 0. The SMILES string of the molecule is CC(=O)NCC=Cc1ccccn1. The van der Waals surface area contributed by atoms with Crippen LogP contribution in [0.15, 0.2) is 30.5 Å². The van der Waals surface area contributed by atoms with Crippen molar-refractivity contribution in [1.82, 2.24) is 10.3 Å². The van der Waals surface area contributed by atoms with Gasteiger partial charge in [0.15, 0.2) is 0 Å². The topological polar surface area (TPSA) is 42.0 Å². The number of carbonyl (C=O) groups is 1. The molecule has 0 atom stereocenters. The third-order valence-corrected chi connectivity index (χ3v) is 1.45. The van der Waals surface area contributed by atoms with Crippen molar-refractivity contribution in [2.45, 2.75) is 6.92 Å². The lowest BCUT2D eigenvalue weighted by atomic mass is 10.3. The van der Waals surface area contributed by atoms with Crippen LogP contribution in [0.5, 0.6) is 0 Å². The minimum atomic E-state index is -0.0225. The second-order valence-corrected chi connectivity index (χ2v) is 2.59. The first kappa shape index (κ1) is 9.45. The maximum Gasteiger partial charge on any atom is 0.217 e. The van der Waals surface area contributed by atoms with E-state index in [1.165, 1.54) is 6.92 Å². The molecule has 13 heavy (non-hydrogen) atoms. The van der Waals surface area contributed by atoms with E-state index in [4.69, 9.17) is 0 Å². The number of amides is 1. The zero-order valence-electron chi connectivity index (χ0n) is 7.53. The molecule has 1 amide bonds. The van der Waals surface area contributed by atoms with E-state index in [1.54, 1.807) is 6.20 Å². The van der Waals surface area contributed by atoms with Crippen molar-refractivity contribution < 1.29 is 4.79 Å². The lowest BCUT2D eigenvalue weighted by molar-refractivity contribution is -0.118. The van der Waals surface area contributed by atoms with Gasteiger partial charge in [-0.3, -0.25) is 9.78 Å². The van der Waals surface area contributed by atoms with Crippen LogP contribution in [0, 0.1) is 0 Å². The summed E-state index contributed by atoms with van der Waals surface area (Å²) in [5, 5.41) is 2.66. The summed E-state index contributed by atoms with van der Waals surface area (Å²) in [7, 11) is 0. The molecule has 3 nitrogen and oxygen atoms in total. The van der Waals surface area contributed by atoms with Crippen LogP contribution >= 0.6 is 0 Å². The summed E-state index contributed by atoms with van der Waals surface area (Å²) in [5.41, 5.74) is 0.896. The zero-order valence-corrected chi connectivity index (χ0v) is 7.53. The van der Waals surface area contributed by atoms with Gasteiger partial charge >= 0.3 is 0 Å². The number of hydrogen-bond donors (Lipinski definition) is 1. The second kappa shape index (κ2) is 5.09. The van der Waals surface area contributed by atoms with Crippen LogP contribution in [0.25, 0.3) is 6.08 Å². The molecular formula is C10H12N2O. The maximum absolute atomic E-state index is 10.5. The third-order valence-electron chi connectivity index (χ3n) is 1.45. The van der Waals surface area contributed by atoms with Gasteiger partial charge in [-0.2, -0.15) is 0 Å². The van der Waals surface area contributed by atoms with Crippen molar-refractivity contribution >= 4 is 12.0 Å². The molecule has 0 unspecified atom stereocenters. The normalized spacial score (nSPS) is 10.2. The van der Waals surface area contributed by atoms with Gasteiger partial charge in [-0.15, -0.1) is 0 Å². The maximum atomic E-state index is 10.5. The van der Waals surface area contributed by atoms with Crippen molar-refractivity contribution in [2.24, 2.45) is 0 Å². The predicted molar refractivity (Wildman–Crippen MR) is 52.0 cm³/mol. The second-order valence-electron chi connectivity index (χ2n) is 2.59. The first-order valence-electron chi connectivity index (χ1n) is 4.11. The van der Waals surface area contributed by atoms with Crippen molar-refractivity contribution in [3.8, 4) is 0 Å². The number of nitrogens with one attached hydrogen (secondary N) is 1. The monoisotopic (exact) mass is 176 g/mol. The molecule has 0 aliphatic rings. The van der Waals surface area contributed by atoms with Gasteiger partial charge in [-0.25, -0.2) is 0 Å². The van der Waals surface area contributed by atoms with E-state index in [1.807, 2.05) is 30.4 Å². The molecule has 0 saturated heterocycles. The molecule has 0 radical (unpaired) electrons. The molecule has 0 bridgehead atoms. The van der Waals surface area contributed by atoms with Crippen LogP contribution < -0.4 is 5.32 Å². The minimum Gasteiger partial charge on any atom is -0.353 e. The Kier molecular flexibility index (Phi) is 3.70. The fourth-order valence-corrected chi connectivity index (χ4v) is 0.857. The van der Waals surface area contributed by atoms with Crippen LogP contribution in [0.4, 0.5) is 0 Å². The van der Waals surface area contributed by atoms with Crippen LogP contribution in [-0.4, -0.2) is 17.4 Å². The van der Waals surface area contributed by atoms with Gasteiger partial charge in [0, 0.05) is 19.7 Å². The Bertz CT molecular complexity index is 293. The number of nitrogens with zero attached hydrogens (tertiary/aromatic N) is 1. The molecule has 68 valence electrons. The Balaban J connectivity index is 2.37. The van der Waals surface area contributed by atoms with E-state index in [-0.39, 0.29) is 5.91 Å². The van der Waals surface area contributed by atoms with E-state index in [0.717, 1.165) is 5.69 Å². The highest BCUT2D eigenvalue weighted by Crippen LogP contribution is 1.94. The van der Waals surface area contributed by atoms with Crippen LogP contribution in [0.2, 0.25) is 0 Å². The Morgan fingerprint density at radius 1 is 1.62 bits per heavy atom. The Morgan fingerprint density at radius 3 is 3.08 bits per heavy atom. The molecule has 1 aromatic heterocycles. The average molecular weight is 176 g/mol. The molecule has 0 spiro atoms. The van der Waals surface area contributed by atoms with E-state index >= 15 is 0 Å². The van der Waals surface area contributed by atoms with Crippen LogP contribution in [0.1, 0.15) is 12.6 Å².